The third-order valence-corrected chi connectivity index (χ3v) is 5.38. The normalized spacial score (nSPS) is 18.1. The Bertz CT molecular complexity index is 1180. The molecule has 0 aliphatic carbocycles. The van der Waals surface area contributed by atoms with Gasteiger partial charge in [0.25, 0.3) is 0 Å². The SMILES string of the molecule is CC(=O)c1cn(CC(=O)N2C[C@H](F)C[C@H]2C(=O)O)c2ccc(OCc3ncccn3)cc12. The van der Waals surface area contributed by atoms with E-state index in [2.05, 4.69) is 9.97 Å². The number of ether oxygens (including phenoxy) is 1. The van der Waals surface area contributed by atoms with Crippen molar-refractivity contribution < 1.29 is 28.6 Å². The third kappa shape index (κ3) is 4.29. The number of amides is 1. The van der Waals surface area contributed by atoms with Crippen LogP contribution in [0, 0.1) is 0 Å². The van der Waals surface area contributed by atoms with E-state index in [-0.39, 0.29) is 31.9 Å². The van der Waals surface area contributed by atoms with Gasteiger partial charge in [-0.15, -0.1) is 0 Å². The Balaban J connectivity index is 1.59. The van der Waals surface area contributed by atoms with Crippen molar-refractivity contribution in [2.45, 2.75) is 38.7 Å². The van der Waals surface area contributed by atoms with Crippen molar-refractivity contribution in [1.29, 1.82) is 0 Å². The standard InChI is InChI=1S/C22H21FN4O5/c1-13(28)17-10-26(11-21(29)27-9-14(23)7-19(27)22(30)31)18-4-3-15(8-16(17)18)32-12-20-24-5-2-6-25-20/h2-6,8,10,14,19H,7,9,11-12H2,1H3,(H,30,31)/t14-,19+/m1/s1. The molecule has 2 atom stereocenters. The van der Waals surface area contributed by atoms with Gasteiger partial charge in [0.05, 0.1) is 6.54 Å². The highest BCUT2D eigenvalue weighted by atomic mass is 19.1. The van der Waals surface area contributed by atoms with Crippen LogP contribution in [0.1, 0.15) is 29.5 Å². The molecule has 9 nitrogen and oxygen atoms in total. The lowest BCUT2D eigenvalue weighted by Gasteiger charge is -2.21. The number of rotatable bonds is 7. The van der Waals surface area contributed by atoms with E-state index in [1.807, 2.05) is 0 Å². The zero-order valence-corrected chi connectivity index (χ0v) is 17.3. The number of nitrogens with zero attached hydrogens (tertiary/aromatic N) is 4. The number of alkyl halides is 1. The van der Waals surface area contributed by atoms with Gasteiger partial charge >= 0.3 is 5.97 Å². The molecule has 0 saturated carbocycles. The minimum atomic E-state index is -1.37. The molecule has 1 aliphatic rings. The van der Waals surface area contributed by atoms with Gasteiger partial charge in [-0.3, -0.25) is 9.59 Å². The number of benzene rings is 1. The van der Waals surface area contributed by atoms with E-state index in [1.165, 1.54) is 6.92 Å². The first-order chi connectivity index (χ1) is 15.3. The van der Waals surface area contributed by atoms with Gasteiger partial charge in [-0.1, -0.05) is 0 Å². The van der Waals surface area contributed by atoms with Gasteiger partial charge < -0.3 is 19.3 Å². The summed E-state index contributed by atoms with van der Waals surface area (Å²) in [6, 6.07) is 5.62. The number of aromatic nitrogens is 3. The maximum absolute atomic E-state index is 13.8. The lowest BCUT2D eigenvalue weighted by atomic mass is 10.1. The molecule has 1 amide bonds. The Morgan fingerprint density at radius 3 is 2.69 bits per heavy atom. The van der Waals surface area contributed by atoms with E-state index in [0.717, 1.165) is 4.90 Å². The number of fused-ring (bicyclic) bond motifs is 1. The first-order valence-corrected chi connectivity index (χ1v) is 10.0. The fourth-order valence-electron chi connectivity index (χ4n) is 3.86. The van der Waals surface area contributed by atoms with Crippen LogP contribution in [0.15, 0.2) is 42.9 Å². The van der Waals surface area contributed by atoms with Crippen LogP contribution < -0.4 is 4.74 Å². The van der Waals surface area contributed by atoms with Crippen LogP contribution in [-0.4, -0.2) is 61.0 Å². The summed E-state index contributed by atoms with van der Waals surface area (Å²) in [5, 5.41) is 9.89. The summed E-state index contributed by atoms with van der Waals surface area (Å²) in [5.74, 6) is -0.941. The predicted octanol–water partition coefficient (Wildman–Crippen LogP) is 2.24. The van der Waals surface area contributed by atoms with Crippen LogP contribution in [0.3, 0.4) is 0 Å². The van der Waals surface area contributed by atoms with Crippen LogP contribution in [-0.2, 0) is 22.7 Å². The van der Waals surface area contributed by atoms with Gasteiger partial charge in [-0.05, 0) is 31.2 Å². The highest BCUT2D eigenvalue weighted by Gasteiger charge is 2.39. The number of carboxylic acids is 1. The van der Waals surface area contributed by atoms with E-state index in [9.17, 15) is 23.9 Å². The molecule has 32 heavy (non-hydrogen) atoms. The van der Waals surface area contributed by atoms with Gasteiger partial charge in [0.15, 0.2) is 11.6 Å². The summed E-state index contributed by atoms with van der Waals surface area (Å²) in [6.45, 7) is 1.10. The predicted molar refractivity (Wildman–Crippen MR) is 111 cm³/mol. The van der Waals surface area contributed by atoms with E-state index in [0.29, 0.717) is 28.0 Å². The molecule has 2 aromatic heterocycles. The Morgan fingerprint density at radius 1 is 1.25 bits per heavy atom. The smallest absolute Gasteiger partial charge is 0.326 e. The van der Waals surface area contributed by atoms with E-state index in [1.54, 1.807) is 47.4 Å². The molecular weight excluding hydrogens is 419 g/mol. The number of carboxylic acid groups (broad SMARTS) is 1. The molecule has 4 rings (SSSR count). The second kappa shape index (κ2) is 8.74. The number of likely N-dealkylation sites (tertiary alicyclic amines) is 1. The van der Waals surface area contributed by atoms with Crippen LogP contribution in [0.4, 0.5) is 4.39 Å². The molecule has 0 spiro atoms. The monoisotopic (exact) mass is 440 g/mol. The molecule has 1 aliphatic heterocycles. The summed E-state index contributed by atoms with van der Waals surface area (Å²) < 4.78 is 21.1. The Hall–Kier alpha value is -3.82. The van der Waals surface area contributed by atoms with Crippen molar-refractivity contribution in [2.75, 3.05) is 6.54 Å². The van der Waals surface area contributed by atoms with Crippen molar-refractivity contribution in [3.8, 4) is 5.75 Å². The second-order valence-corrected chi connectivity index (χ2v) is 7.59. The lowest BCUT2D eigenvalue weighted by molar-refractivity contribution is -0.148. The zero-order chi connectivity index (χ0) is 22.8. The minimum Gasteiger partial charge on any atom is -0.486 e. The number of carbonyl (C=O) groups is 3. The van der Waals surface area contributed by atoms with Crippen molar-refractivity contribution in [2.24, 2.45) is 0 Å². The molecule has 0 bridgehead atoms. The first-order valence-electron chi connectivity index (χ1n) is 10.0. The van der Waals surface area contributed by atoms with Gasteiger partial charge in [-0.2, -0.15) is 0 Å². The highest BCUT2D eigenvalue weighted by molar-refractivity contribution is 6.07. The van der Waals surface area contributed by atoms with Gasteiger partial charge in [-0.25, -0.2) is 19.2 Å². The van der Waals surface area contributed by atoms with E-state index >= 15 is 0 Å². The molecule has 1 N–H and O–H groups in total. The maximum Gasteiger partial charge on any atom is 0.326 e. The third-order valence-electron chi connectivity index (χ3n) is 5.38. The molecule has 3 heterocycles. The fourth-order valence-corrected chi connectivity index (χ4v) is 3.86. The summed E-state index contributed by atoms with van der Waals surface area (Å²) >= 11 is 0. The van der Waals surface area contributed by atoms with Gasteiger partial charge in [0.1, 0.15) is 31.1 Å². The van der Waals surface area contributed by atoms with Crippen LogP contribution in [0.5, 0.6) is 5.75 Å². The van der Waals surface area contributed by atoms with E-state index < -0.39 is 24.1 Å². The molecular formula is C22H21FN4O5. The average molecular weight is 440 g/mol. The average Bonchev–Trinajstić information content (AvgIpc) is 3.34. The number of Topliss-reactive ketones (excluding diaryl/α,β-unsaturated/α-hetero) is 1. The largest absolute Gasteiger partial charge is 0.486 e. The van der Waals surface area contributed by atoms with Gasteiger partial charge in [0, 0.05) is 41.5 Å². The quantitative estimate of drug-likeness (QED) is 0.560. The summed E-state index contributed by atoms with van der Waals surface area (Å²) in [6.07, 6.45) is 3.18. The number of hydrogen-bond donors (Lipinski definition) is 1. The fraction of sp³-hybridized carbons (Fsp3) is 0.318. The van der Waals surface area contributed by atoms with Crippen LogP contribution in [0.25, 0.3) is 10.9 Å². The van der Waals surface area contributed by atoms with Crippen molar-refractivity contribution in [3.05, 3.63) is 54.2 Å². The van der Waals surface area contributed by atoms with Crippen molar-refractivity contribution in [3.63, 3.8) is 0 Å². The number of ketones is 1. The number of carbonyl (C=O) groups excluding carboxylic acids is 2. The zero-order valence-electron chi connectivity index (χ0n) is 17.3. The van der Waals surface area contributed by atoms with E-state index in [4.69, 9.17) is 4.74 Å². The Labute approximate surface area is 182 Å². The molecule has 3 aromatic rings. The summed E-state index contributed by atoms with van der Waals surface area (Å²) in [7, 11) is 0. The molecule has 1 aromatic carbocycles. The Morgan fingerprint density at radius 2 is 2.00 bits per heavy atom. The number of aliphatic carboxylic acids is 1. The summed E-state index contributed by atoms with van der Waals surface area (Å²) in [5.41, 5.74) is 1.00. The highest BCUT2D eigenvalue weighted by Crippen LogP contribution is 2.28. The number of hydrogen-bond acceptors (Lipinski definition) is 6. The molecule has 0 radical (unpaired) electrons. The molecule has 0 unspecified atom stereocenters. The van der Waals surface area contributed by atoms with Gasteiger partial charge in [0.2, 0.25) is 5.91 Å². The topological polar surface area (TPSA) is 115 Å². The number of halogens is 1. The van der Waals surface area contributed by atoms with Crippen LogP contribution >= 0.6 is 0 Å². The van der Waals surface area contributed by atoms with Crippen molar-refractivity contribution >= 4 is 28.6 Å². The second-order valence-electron chi connectivity index (χ2n) is 7.59. The van der Waals surface area contributed by atoms with Crippen LogP contribution in [0.2, 0.25) is 0 Å². The molecule has 166 valence electrons. The molecule has 1 saturated heterocycles. The maximum atomic E-state index is 13.8. The molecule has 10 heteroatoms. The minimum absolute atomic E-state index is 0.150. The Kier molecular flexibility index (Phi) is 5.85. The molecule has 1 fully saturated rings. The lowest BCUT2D eigenvalue weighted by Crippen LogP contribution is -2.42. The summed E-state index contributed by atoms with van der Waals surface area (Å²) in [4.78, 5) is 45.6. The first kappa shape index (κ1) is 21.4. The van der Waals surface area contributed by atoms with Crippen molar-refractivity contribution in [1.82, 2.24) is 19.4 Å².